The number of halogens is 1. The predicted octanol–water partition coefficient (Wildman–Crippen LogP) is 2.70. The standard InChI is InChI=1S/C14H10IN3O2S/c15-9-3-1-2-4-10(9)17-12(19)7-18-8-16-11-5-6-21-13(11)14(18)20/h1-6,8H,7H2,(H,17,19). The number of hydrogen-bond acceptors (Lipinski definition) is 4. The molecule has 0 aliphatic carbocycles. The summed E-state index contributed by atoms with van der Waals surface area (Å²) in [6.07, 6.45) is 1.41. The number of para-hydroxylation sites is 1. The van der Waals surface area contributed by atoms with Crippen LogP contribution in [0.15, 0.2) is 46.8 Å². The summed E-state index contributed by atoms with van der Waals surface area (Å²) in [4.78, 5) is 28.4. The number of carbonyl (C=O) groups excluding carboxylic acids is 1. The lowest BCUT2D eigenvalue weighted by molar-refractivity contribution is -0.116. The molecule has 0 aliphatic heterocycles. The highest BCUT2D eigenvalue weighted by molar-refractivity contribution is 14.1. The molecule has 106 valence electrons. The Bertz CT molecular complexity index is 872. The van der Waals surface area contributed by atoms with Crippen molar-refractivity contribution >= 4 is 55.7 Å². The predicted molar refractivity (Wildman–Crippen MR) is 91.7 cm³/mol. The van der Waals surface area contributed by atoms with Gasteiger partial charge in [0.05, 0.1) is 17.5 Å². The number of amides is 1. The molecule has 2 heterocycles. The quantitative estimate of drug-likeness (QED) is 0.675. The van der Waals surface area contributed by atoms with E-state index in [1.54, 1.807) is 6.07 Å². The van der Waals surface area contributed by atoms with Crippen molar-refractivity contribution in [3.05, 3.63) is 56.0 Å². The summed E-state index contributed by atoms with van der Waals surface area (Å²) >= 11 is 3.48. The van der Waals surface area contributed by atoms with Crippen molar-refractivity contribution in [2.45, 2.75) is 6.54 Å². The van der Waals surface area contributed by atoms with Crippen LogP contribution < -0.4 is 10.9 Å². The molecule has 0 spiro atoms. The van der Waals surface area contributed by atoms with E-state index in [-0.39, 0.29) is 18.0 Å². The number of carbonyl (C=O) groups is 1. The van der Waals surface area contributed by atoms with E-state index < -0.39 is 0 Å². The van der Waals surface area contributed by atoms with E-state index in [1.807, 2.05) is 29.6 Å². The monoisotopic (exact) mass is 411 g/mol. The van der Waals surface area contributed by atoms with Gasteiger partial charge in [-0.25, -0.2) is 4.98 Å². The van der Waals surface area contributed by atoms with Gasteiger partial charge in [-0.2, -0.15) is 0 Å². The number of hydrogen-bond donors (Lipinski definition) is 1. The fourth-order valence-corrected chi connectivity index (χ4v) is 3.21. The van der Waals surface area contributed by atoms with Crippen LogP contribution in [0.25, 0.3) is 10.2 Å². The van der Waals surface area contributed by atoms with Crippen LogP contribution in [-0.2, 0) is 11.3 Å². The summed E-state index contributed by atoms with van der Waals surface area (Å²) in [6, 6.07) is 9.27. The topological polar surface area (TPSA) is 64.0 Å². The zero-order valence-corrected chi connectivity index (χ0v) is 13.7. The number of aromatic nitrogens is 2. The van der Waals surface area contributed by atoms with Gasteiger partial charge in [-0.3, -0.25) is 14.2 Å². The number of nitrogens with zero attached hydrogens (tertiary/aromatic N) is 2. The van der Waals surface area contributed by atoms with Gasteiger partial charge < -0.3 is 5.32 Å². The van der Waals surface area contributed by atoms with E-state index in [0.29, 0.717) is 10.2 Å². The zero-order chi connectivity index (χ0) is 14.8. The second-order valence-electron chi connectivity index (χ2n) is 4.34. The second-order valence-corrected chi connectivity index (χ2v) is 6.42. The molecular weight excluding hydrogens is 401 g/mol. The average Bonchev–Trinajstić information content (AvgIpc) is 2.94. The maximum Gasteiger partial charge on any atom is 0.271 e. The summed E-state index contributed by atoms with van der Waals surface area (Å²) in [5.74, 6) is -0.251. The number of nitrogens with one attached hydrogen (secondary N) is 1. The third-order valence-electron chi connectivity index (χ3n) is 2.90. The Hall–Kier alpha value is -1.74. The number of thiophene rings is 1. The van der Waals surface area contributed by atoms with Gasteiger partial charge in [0.2, 0.25) is 5.91 Å². The third kappa shape index (κ3) is 2.98. The molecular formula is C14H10IN3O2S. The van der Waals surface area contributed by atoms with Gasteiger partial charge in [0.1, 0.15) is 11.2 Å². The minimum Gasteiger partial charge on any atom is -0.324 e. The van der Waals surface area contributed by atoms with Gasteiger partial charge in [-0.1, -0.05) is 12.1 Å². The molecule has 0 fully saturated rings. The molecule has 21 heavy (non-hydrogen) atoms. The van der Waals surface area contributed by atoms with E-state index in [1.165, 1.54) is 22.2 Å². The van der Waals surface area contributed by atoms with Crippen molar-refractivity contribution in [3.63, 3.8) is 0 Å². The van der Waals surface area contributed by atoms with Crippen LogP contribution in [0.4, 0.5) is 5.69 Å². The molecule has 0 bridgehead atoms. The lowest BCUT2D eigenvalue weighted by atomic mass is 10.3. The Morgan fingerprint density at radius 1 is 1.33 bits per heavy atom. The van der Waals surface area contributed by atoms with E-state index in [2.05, 4.69) is 32.9 Å². The van der Waals surface area contributed by atoms with Gasteiger partial charge >= 0.3 is 0 Å². The Labute approximate surface area is 137 Å². The number of benzene rings is 1. The van der Waals surface area contributed by atoms with Crippen molar-refractivity contribution < 1.29 is 4.79 Å². The maximum atomic E-state index is 12.2. The lowest BCUT2D eigenvalue weighted by Crippen LogP contribution is -2.27. The molecule has 0 radical (unpaired) electrons. The van der Waals surface area contributed by atoms with Crippen molar-refractivity contribution in [1.82, 2.24) is 9.55 Å². The van der Waals surface area contributed by atoms with Crippen molar-refractivity contribution in [2.24, 2.45) is 0 Å². The molecule has 2 aromatic heterocycles. The Morgan fingerprint density at radius 3 is 2.95 bits per heavy atom. The molecule has 3 aromatic rings. The summed E-state index contributed by atoms with van der Waals surface area (Å²) in [7, 11) is 0. The van der Waals surface area contributed by atoms with Crippen LogP contribution in [0, 0.1) is 3.57 Å². The molecule has 0 saturated carbocycles. The first kappa shape index (κ1) is 14.2. The van der Waals surface area contributed by atoms with E-state index in [0.717, 1.165) is 9.26 Å². The largest absolute Gasteiger partial charge is 0.324 e. The smallest absolute Gasteiger partial charge is 0.271 e. The highest BCUT2D eigenvalue weighted by atomic mass is 127. The van der Waals surface area contributed by atoms with Crippen molar-refractivity contribution in [3.8, 4) is 0 Å². The SMILES string of the molecule is O=C(Cn1cnc2ccsc2c1=O)Nc1ccccc1I. The fourth-order valence-electron chi connectivity index (χ4n) is 1.90. The molecule has 7 heteroatoms. The van der Waals surface area contributed by atoms with Crippen molar-refractivity contribution in [2.75, 3.05) is 5.32 Å². The molecule has 1 amide bonds. The van der Waals surface area contributed by atoms with Crippen LogP contribution in [0.1, 0.15) is 0 Å². The second kappa shape index (κ2) is 5.94. The van der Waals surface area contributed by atoms with Gasteiger partial charge in [0.25, 0.3) is 5.56 Å². The van der Waals surface area contributed by atoms with Gasteiger partial charge in [-0.15, -0.1) is 11.3 Å². The molecule has 1 aromatic carbocycles. The molecule has 0 atom stereocenters. The molecule has 1 N–H and O–H groups in total. The first-order valence-electron chi connectivity index (χ1n) is 6.12. The molecule has 3 rings (SSSR count). The van der Waals surface area contributed by atoms with E-state index >= 15 is 0 Å². The summed E-state index contributed by atoms with van der Waals surface area (Å²) < 4.78 is 2.84. The molecule has 5 nitrogen and oxygen atoms in total. The Balaban J connectivity index is 1.82. The summed E-state index contributed by atoms with van der Waals surface area (Å²) in [5, 5.41) is 4.61. The highest BCUT2D eigenvalue weighted by Gasteiger charge is 2.10. The summed E-state index contributed by atoms with van der Waals surface area (Å²) in [5.41, 5.74) is 1.22. The van der Waals surface area contributed by atoms with Crippen molar-refractivity contribution in [1.29, 1.82) is 0 Å². The number of fused-ring (bicyclic) bond motifs is 1. The molecule has 0 unspecified atom stereocenters. The Kier molecular flexibility index (Phi) is 4.02. The van der Waals surface area contributed by atoms with Crippen LogP contribution in [0.3, 0.4) is 0 Å². The Morgan fingerprint density at radius 2 is 2.14 bits per heavy atom. The first-order valence-corrected chi connectivity index (χ1v) is 8.08. The van der Waals surface area contributed by atoms with Crippen LogP contribution in [0.2, 0.25) is 0 Å². The van der Waals surface area contributed by atoms with E-state index in [9.17, 15) is 9.59 Å². The fraction of sp³-hybridized carbons (Fsp3) is 0.0714. The number of rotatable bonds is 3. The normalized spacial score (nSPS) is 10.7. The minimum absolute atomic E-state index is 0.0509. The highest BCUT2D eigenvalue weighted by Crippen LogP contribution is 2.17. The van der Waals surface area contributed by atoms with E-state index in [4.69, 9.17) is 0 Å². The van der Waals surface area contributed by atoms with Gasteiger partial charge in [0.15, 0.2) is 0 Å². The lowest BCUT2D eigenvalue weighted by Gasteiger charge is -2.08. The van der Waals surface area contributed by atoms with Gasteiger partial charge in [0, 0.05) is 3.57 Å². The van der Waals surface area contributed by atoms with Crippen LogP contribution in [-0.4, -0.2) is 15.5 Å². The zero-order valence-electron chi connectivity index (χ0n) is 10.7. The van der Waals surface area contributed by atoms with Crippen LogP contribution in [0.5, 0.6) is 0 Å². The molecule has 0 aliphatic rings. The van der Waals surface area contributed by atoms with Crippen LogP contribution >= 0.6 is 33.9 Å². The minimum atomic E-state index is -0.251. The summed E-state index contributed by atoms with van der Waals surface area (Å²) in [6.45, 7) is -0.0509. The number of anilines is 1. The van der Waals surface area contributed by atoms with Gasteiger partial charge in [-0.05, 0) is 46.2 Å². The molecule has 0 saturated heterocycles. The average molecular weight is 411 g/mol. The maximum absolute atomic E-state index is 12.2. The first-order chi connectivity index (χ1) is 10.1. The third-order valence-corrected chi connectivity index (χ3v) is 4.73.